The molecule has 0 bridgehead atoms. The Hall–Kier alpha value is -2.21. The molecule has 1 unspecified atom stereocenters. The smallest absolute Gasteiger partial charge is 0.267 e. The van der Waals surface area contributed by atoms with Crippen molar-refractivity contribution in [1.82, 2.24) is 15.2 Å². The first-order chi connectivity index (χ1) is 11.7. The van der Waals surface area contributed by atoms with Gasteiger partial charge in [0.15, 0.2) is 0 Å². The van der Waals surface area contributed by atoms with E-state index in [1.54, 1.807) is 14.2 Å². The van der Waals surface area contributed by atoms with Gasteiger partial charge in [-0.3, -0.25) is 9.69 Å². The second-order valence-corrected chi connectivity index (χ2v) is 6.08. The van der Waals surface area contributed by atoms with E-state index in [1.165, 1.54) is 6.42 Å². The third-order valence-electron chi connectivity index (χ3n) is 4.80. The monoisotopic (exact) mass is 331 g/mol. The summed E-state index contributed by atoms with van der Waals surface area (Å²) in [4.78, 5) is 18.1. The van der Waals surface area contributed by atoms with Gasteiger partial charge >= 0.3 is 0 Å². The predicted octanol–water partition coefficient (Wildman–Crippen LogP) is 2.40. The number of H-pyrrole nitrogens is 1. The summed E-state index contributed by atoms with van der Waals surface area (Å²) in [6, 6.07) is 5.93. The number of nitrogens with zero attached hydrogens (tertiary/aromatic N) is 1. The van der Waals surface area contributed by atoms with Gasteiger partial charge in [-0.05, 0) is 44.1 Å². The molecule has 1 fully saturated rings. The van der Waals surface area contributed by atoms with Crippen LogP contribution in [0.25, 0.3) is 10.9 Å². The number of likely N-dealkylation sites (tertiary alicyclic amines) is 1. The summed E-state index contributed by atoms with van der Waals surface area (Å²) in [6.45, 7) is 4.99. The minimum atomic E-state index is -0.0988. The van der Waals surface area contributed by atoms with Crippen LogP contribution in [0.5, 0.6) is 11.5 Å². The molecule has 6 nitrogen and oxygen atoms in total. The molecular weight excluding hydrogens is 306 g/mol. The fraction of sp³-hybridized carbons (Fsp3) is 0.500. The third kappa shape index (κ3) is 3.06. The van der Waals surface area contributed by atoms with E-state index in [4.69, 9.17) is 9.47 Å². The van der Waals surface area contributed by atoms with Gasteiger partial charge in [-0.15, -0.1) is 0 Å². The molecule has 3 rings (SSSR count). The highest BCUT2D eigenvalue weighted by molar-refractivity contribution is 6.01. The zero-order valence-corrected chi connectivity index (χ0v) is 14.5. The lowest BCUT2D eigenvalue weighted by Gasteiger charge is -2.22. The topological polar surface area (TPSA) is 66.6 Å². The van der Waals surface area contributed by atoms with Crippen LogP contribution in [0.15, 0.2) is 18.2 Å². The van der Waals surface area contributed by atoms with E-state index in [2.05, 4.69) is 22.1 Å². The number of hydrogen-bond acceptors (Lipinski definition) is 4. The number of carbonyl (C=O) groups is 1. The minimum absolute atomic E-state index is 0.0988. The van der Waals surface area contributed by atoms with Crippen molar-refractivity contribution in [2.24, 2.45) is 0 Å². The van der Waals surface area contributed by atoms with E-state index >= 15 is 0 Å². The van der Waals surface area contributed by atoms with Crippen molar-refractivity contribution < 1.29 is 14.3 Å². The first kappa shape index (κ1) is 16.6. The molecule has 1 amide bonds. The van der Waals surface area contributed by atoms with Gasteiger partial charge in [0.25, 0.3) is 5.91 Å². The Balaban J connectivity index is 1.77. The van der Waals surface area contributed by atoms with Crippen LogP contribution < -0.4 is 14.8 Å². The van der Waals surface area contributed by atoms with Gasteiger partial charge in [0.05, 0.1) is 19.7 Å². The fourth-order valence-electron chi connectivity index (χ4n) is 3.49. The predicted molar refractivity (Wildman–Crippen MR) is 94.0 cm³/mol. The molecule has 0 saturated carbocycles. The highest BCUT2D eigenvalue weighted by Crippen LogP contribution is 2.33. The molecule has 1 atom stereocenters. The Morgan fingerprint density at radius 3 is 2.79 bits per heavy atom. The fourth-order valence-corrected chi connectivity index (χ4v) is 3.49. The Labute approximate surface area is 142 Å². The first-order valence-corrected chi connectivity index (χ1v) is 8.43. The van der Waals surface area contributed by atoms with Gasteiger partial charge in [-0.25, -0.2) is 0 Å². The molecule has 1 aliphatic heterocycles. The van der Waals surface area contributed by atoms with Crippen molar-refractivity contribution in [3.63, 3.8) is 0 Å². The maximum Gasteiger partial charge on any atom is 0.267 e. The summed E-state index contributed by atoms with van der Waals surface area (Å²) < 4.78 is 10.7. The first-order valence-electron chi connectivity index (χ1n) is 8.43. The van der Waals surface area contributed by atoms with Crippen LogP contribution in [-0.2, 0) is 0 Å². The summed E-state index contributed by atoms with van der Waals surface area (Å²) >= 11 is 0. The normalized spacial score (nSPS) is 18.0. The molecule has 2 heterocycles. The van der Waals surface area contributed by atoms with Crippen LogP contribution in [-0.4, -0.2) is 55.7 Å². The molecule has 1 saturated heterocycles. The summed E-state index contributed by atoms with van der Waals surface area (Å²) in [5.41, 5.74) is 1.30. The Bertz CT molecular complexity index is 685. The largest absolute Gasteiger partial charge is 0.496 e. The van der Waals surface area contributed by atoms with Crippen molar-refractivity contribution in [3.05, 3.63) is 23.9 Å². The van der Waals surface area contributed by atoms with Crippen LogP contribution in [0, 0.1) is 0 Å². The number of aromatic amines is 1. The molecule has 130 valence electrons. The number of rotatable bonds is 6. The van der Waals surface area contributed by atoms with Gasteiger partial charge in [0, 0.05) is 18.0 Å². The molecule has 1 aromatic carbocycles. The number of ether oxygens (including phenoxy) is 2. The summed E-state index contributed by atoms with van der Waals surface area (Å²) in [6.07, 6.45) is 2.34. The highest BCUT2D eigenvalue weighted by Gasteiger charge is 2.24. The van der Waals surface area contributed by atoms with Crippen LogP contribution >= 0.6 is 0 Å². The molecule has 6 heteroatoms. The second-order valence-electron chi connectivity index (χ2n) is 6.08. The van der Waals surface area contributed by atoms with E-state index in [1.807, 2.05) is 18.2 Å². The van der Waals surface area contributed by atoms with Crippen molar-refractivity contribution in [1.29, 1.82) is 0 Å². The molecule has 0 aliphatic carbocycles. The second kappa shape index (κ2) is 7.13. The number of hydrogen-bond donors (Lipinski definition) is 2. The van der Waals surface area contributed by atoms with E-state index in [9.17, 15) is 4.79 Å². The van der Waals surface area contributed by atoms with E-state index < -0.39 is 0 Å². The minimum Gasteiger partial charge on any atom is -0.496 e. The number of amides is 1. The summed E-state index contributed by atoms with van der Waals surface area (Å²) in [5.74, 6) is 1.31. The quantitative estimate of drug-likeness (QED) is 0.853. The zero-order valence-electron chi connectivity index (χ0n) is 14.5. The molecule has 2 aromatic rings. The van der Waals surface area contributed by atoms with E-state index in [-0.39, 0.29) is 5.91 Å². The number of fused-ring (bicyclic) bond motifs is 1. The molecule has 0 radical (unpaired) electrons. The van der Waals surface area contributed by atoms with Crippen LogP contribution in [0.2, 0.25) is 0 Å². The van der Waals surface area contributed by atoms with Crippen LogP contribution in [0.3, 0.4) is 0 Å². The van der Waals surface area contributed by atoms with Crippen molar-refractivity contribution in [3.8, 4) is 11.5 Å². The highest BCUT2D eigenvalue weighted by atomic mass is 16.5. The average molecular weight is 331 g/mol. The van der Waals surface area contributed by atoms with E-state index in [0.29, 0.717) is 29.8 Å². The number of benzene rings is 1. The van der Waals surface area contributed by atoms with E-state index in [0.717, 1.165) is 30.4 Å². The van der Waals surface area contributed by atoms with Crippen LogP contribution in [0.1, 0.15) is 30.3 Å². The molecular formula is C18H25N3O3. The van der Waals surface area contributed by atoms with Crippen molar-refractivity contribution >= 4 is 16.8 Å². The third-order valence-corrected chi connectivity index (χ3v) is 4.80. The molecule has 24 heavy (non-hydrogen) atoms. The van der Waals surface area contributed by atoms with Gasteiger partial charge in [-0.2, -0.15) is 0 Å². The summed E-state index contributed by atoms with van der Waals surface area (Å²) in [5, 5.41) is 3.89. The zero-order chi connectivity index (χ0) is 17.1. The Morgan fingerprint density at radius 1 is 1.33 bits per heavy atom. The standard InChI is InChI=1S/C18H25N3O3/c1-4-21-9-5-6-12(21)11-19-18(22)14-10-13-15(23-2)7-8-16(24-3)17(13)20-14/h7-8,10,12,20H,4-6,9,11H2,1-3H3,(H,19,22). The number of likely N-dealkylation sites (N-methyl/N-ethyl adjacent to an activating group) is 1. The van der Waals surface area contributed by atoms with Gasteiger partial charge < -0.3 is 19.8 Å². The number of nitrogens with one attached hydrogen (secondary N) is 2. The van der Waals surface area contributed by atoms with Gasteiger partial charge in [-0.1, -0.05) is 6.92 Å². The molecule has 1 aliphatic rings. The number of carbonyl (C=O) groups excluding carboxylic acids is 1. The molecule has 2 N–H and O–H groups in total. The van der Waals surface area contributed by atoms with Gasteiger partial charge in [0.2, 0.25) is 0 Å². The lowest BCUT2D eigenvalue weighted by Crippen LogP contribution is -2.40. The van der Waals surface area contributed by atoms with Crippen LogP contribution in [0.4, 0.5) is 0 Å². The van der Waals surface area contributed by atoms with Crippen molar-refractivity contribution in [2.75, 3.05) is 33.9 Å². The number of aromatic nitrogens is 1. The molecule has 1 aromatic heterocycles. The number of methoxy groups -OCH3 is 2. The summed E-state index contributed by atoms with van der Waals surface area (Å²) in [7, 11) is 3.23. The maximum atomic E-state index is 12.5. The SMILES string of the molecule is CCN1CCCC1CNC(=O)c1cc2c(OC)ccc(OC)c2[nH]1. The Kier molecular flexibility index (Phi) is 4.94. The lowest BCUT2D eigenvalue weighted by molar-refractivity contribution is 0.0937. The maximum absolute atomic E-state index is 12.5. The van der Waals surface area contributed by atoms with Gasteiger partial charge in [0.1, 0.15) is 17.2 Å². The van der Waals surface area contributed by atoms with Crippen molar-refractivity contribution in [2.45, 2.75) is 25.8 Å². The average Bonchev–Trinajstić information content (AvgIpc) is 3.25. The lowest BCUT2D eigenvalue weighted by atomic mass is 10.2. The molecule has 0 spiro atoms. The Morgan fingerprint density at radius 2 is 2.08 bits per heavy atom.